The number of halogens is 1. The smallest absolute Gasteiger partial charge is 0.0122 e. The van der Waals surface area contributed by atoms with Crippen LogP contribution in [0.5, 0.6) is 0 Å². The van der Waals surface area contributed by atoms with Gasteiger partial charge in [-0.25, -0.2) is 0 Å². The largest absolute Gasteiger partial charge is 0.147 e. The molecule has 226 valence electrons. The van der Waals surface area contributed by atoms with Gasteiger partial charge in [0.15, 0.2) is 0 Å². The molecule has 0 aromatic heterocycles. The van der Waals surface area contributed by atoms with Crippen LogP contribution in [0.3, 0.4) is 0 Å². The fraction of sp³-hybridized carbons (Fsp3) is 1.00. The summed E-state index contributed by atoms with van der Waals surface area (Å²) in [5.74, 6) is 0.940. The third-order valence-electron chi connectivity index (χ3n) is 8.87. The van der Waals surface area contributed by atoms with E-state index in [9.17, 15) is 0 Å². The normalized spacial score (nSPS) is 12.6. The predicted molar refractivity (Wildman–Crippen MR) is 180 cm³/mol. The fourth-order valence-electron chi connectivity index (χ4n) is 6.24. The van der Waals surface area contributed by atoms with Gasteiger partial charge in [-0.3, -0.25) is 0 Å². The third-order valence-corrected chi connectivity index (χ3v) is 9.92. The molecule has 2 atom stereocenters. The monoisotopic (exact) mass is 561 g/mol. The maximum absolute atomic E-state index is 3.53. The van der Waals surface area contributed by atoms with Crippen LogP contribution in [0.2, 0.25) is 0 Å². The number of rotatable bonds is 30. The quantitative estimate of drug-likeness (QED) is 0.0605. The first-order valence-electron chi connectivity index (χ1n) is 17.4. The maximum atomic E-state index is 3.53. The van der Waals surface area contributed by atoms with Gasteiger partial charge in [-0.15, -0.1) is 21.6 Å². The molecule has 0 heterocycles. The summed E-state index contributed by atoms with van der Waals surface area (Å²) in [5.41, 5.74) is 0. The van der Waals surface area contributed by atoms with Crippen molar-refractivity contribution < 1.29 is 0 Å². The van der Waals surface area contributed by atoms with Gasteiger partial charge in [0.2, 0.25) is 0 Å². The first-order chi connectivity index (χ1) is 17.6. The van der Waals surface area contributed by atoms with Crippen molar-refractivity contribution in [2.45, 2.75) is 219 Å². The first-order valence-corrected chi connectivity index (χ1v) is 18.0. The van der Waals surface area contributed by atoms with Gasteiger partial charge in [0.25, 0.3) is 0 Å². The Morgan fingerprint density at radius 2 is 0.622 bits per heavy atom. The Labute approximate surface area is 246 Å². The average Bonchev–Trinajstić information content (AvgIpc) is 2.88. The minimum Gasteiger partial charge on any atom is -0.147 e. The Kier molecular flexibility index (Phi) is 33.7. The molecule has 2 heteroatoms. The van der Waals surface area contributed by atoms with Gasteiger partial charge in [0.1, 0.15) is 0 Å². The molecule has 0 saturated heterocycles. The SMILES string of the molecule is CCCCCCCCCC(CCCCCCCC)C(P)(CCCCCCCC)CCCCCCCC.Cl. The van der Waals surface area contributed by atoms with E-state index in [0.717, 1.165) is 5.92 Å². The lowest BCUT2D eigenvalue weighted by Crippen LogP contribution is -2.32. The summed E-state index contributed by atoms with van der Waals surface area (Å²) in [6.07, 6.45) is 42.1. The van der Waals surface area contributed by atoms with Crippen molar-refractivity contribution in [2.24, 2.45) is 5.92 Å². The maximum Gasteiger partial charge on any atom is -0.0122 e. The molecule has 0 rings (SSSR count). The molecule has 0 aromatic rings. The summed E-state index contributed by atoms with van der Waals surface area (Å²) in [5, 5.41) is 0.515. The molecule has 0 fully saturated rings. The van der Waals surface area contributed by atoms with E-state index >= 15 is 0 Å². The topological polar surface area (TPSA) is 0 Å². The van der Waals surface area contributed by atoms with Crippen LogP contribution in [-0.4, -0.2) is 5.16 Å². The van der Waals surface area contributed by atoms with Crippen molar-refractivity contribution in [2.75, 3.05) is 0 Å². The van der Waals surface area contributed by atoms with Gasteiger partial charge < -0.3 is 0 Å². The van der Waals surface area contributed by atoms with Gasteiger partial charge in [0.05, 0.1) is 0 Å². The Morgan fingerprint density at radius 1 is 0.378 bits per heavy atom. The van der Waals surface area contributed by atoms with Gasteiger partial charge in [-0.2, -0.15) is 0 Å². The van der Waals surface area contributed by atoms with E-state index < -0.39 is 0 Å². The summed E-state index contributed by atoms with van der Waals surface area (Å²) in [6.45, 7) is 9.35. The summed E-state index contributed by atoms with van der Waals surface area (Å²) in [7, 11) is 3.53. The molecule has 0 aliphatic carbocycles. The van der Waals surface area contributed by atoms with E-state index in [2.05, 4.69) is 36.9 Å². The van der Waals surface area contributed by atoms with Crippen LogP contribution in [0.4, 0.5) is 0 Å². The predicted octanol–water partition coefficient (Wildman–Crippen LogP) is 14.0. The van der Waals surface area contributed by atoms with Gasteiger partial charge in [-0.1, -0.05) is 188 Å². The summed E-state index contributed by atoms with van der Waals surface area (Å²) >= 11 is 0. The van der Waals surface area contributed by atoms with Crippen molar-refractivity contribution in [1.29, 1.82) is 0 Å². The molecule has 0 amide bonds. The van der Waals surface area contributed by atoms with Crippen molar-refractivity contribution >= 4 is 21.6 Å². The van der Waals surface area contributed by atoms with E-state index in [4.69, 9.17) is 0 Å². The molecular formula is C35H74ClP. The molecule has 37 heavy (non-hydrogen) atoms. The first kappa shape index (κ1) is 39.9. The lowest BCUT2D eigenvalue weighted by Gasteiger charge is -2.39. The molecule has 0 radical (unpaired) electrons. The number of hydrogen-bond donors (Lipinski definition) is 0. The van der Waals surface area contributed by atoms with Gasteiger partial charge in [-0.05, 0) is 36.8 Å². The molecule has 0 aromatic carbocycles. The van der Waals surface area contributed by atoms with Crippen LogP contribution >= 0.6 is 21.6 Å². The standard InChI is InChI=1S/C35H73P.ClH/c1-5-9-13-17-21-23-27-31-34(30-26-22-18-14-10-6-2)35(36,32-28-24-19-15-11-7-3)33-29-25-20-16-12-8-4;/h34H,5-33,36H2,1-4H3;1H. The molecule has 0 aliphatic heterocycles. The van der Waals surface area contributed by atoms with E-state index in [0.29, 0.717) is 5.16 Å². The molecular weight excluding hydrogens is 487 g/mol. The van der Waals surface area contributed by atoms with E-state index in [-0.39, 0.29) is 12.4 Å². The Balaban J connectivity index is 0. The second-order valence-corrected chi connectivity index (χ2v) is 13.6. The zero-order valence-electron chi connectivity index (χ0n) is 26.6. The zero-order valence-corrected chi connectivity index (χ0v) is 28.5. The fourth-order valence-corrected chi connectivity index (χ4v) is 6.98. The summed E-state index contributed by atoms with van der Waals surface area (Å²) < 4.78 is 0. The van der Waals surface area contributed by atoms with Gasteiger partial charge in [0, 0.05) is 0 Å². The van der Waals surface area contributed by atoms with Crippen LogP contribution in [0.1, 0.15) is 214 Å². The Hall–Kier alpha value is 0.720. The van der Waals surface area contributed by atoms with Crippen LogP contribution in [0.25, 0.3) is 0 Å². The average molecular weight is 561 g/mol. The van der Waals surface area contributed by atoms with E-state index in [1.165, 1.54) is 186 Å². The third kappa shape index (κ3) is 25.4. The highest BCUT2D eigenvalue weighted by molar-refractivity contribution is 7.19. The molecule has 0 bridgehead atoms. The molecule has 0 nitrogen and oxygen atoms in total. The summed E-state index contributed by atoms with van der Waals surface area (Å²) in [4.78, 5) is 0. The lowest BCUT2D eigenvalue weighted by molar-refractivity contribution is 0.269. The number of hydrogen-bond acceptors (Lipinski definition) is 0. The van der Waals surface area contributed by atoms with Gasteiger partial charge >= 0.3 is 0 Å². The van der Waals surface area contributed by atoms with Crippen LogP contribution < -0.4 is 0 Å². The molecule has 0 aliphatic rings. The van der Waals surface area contributed by atoms with Crippen molar-refractivity contribution in [1.82, 2.24) is 0 Å². The van der Waals surface area contributed by atoms with E-state index in [1.54, 1.807) is 0 Å². The zero-order chi connectivity index (χ0) is 26.6. The highest BCUT2D eigenvalue weighted by Crippen LogP contribution is 2.44. The highest BCUT2D eigenvalue weighted by atomic mass is 35.5. The van der Waals surface area contributed by atoms with Crippen LogP contribution in [0, 0.1) is 5.92 Å². The Bertz CT molecular complexity index is 394. The van der Waals surface area contributed by atoms with Crippen LogP contribution in [-0.2, 0) is 0 Å². The summed E-state index contributed by atoms with van der Waals surface area (Å²) in [6, 6.07) is 0. The van der Waals surface area contributed by atoms with Crippen LogP contribution in [0.15, 0.2) is 0 Å². The Morgan fingerprint density at radius 3 is 0.919 bits per heavy atom. The number of unbranched alkanes of at least 4 members (excludes halogenated alkanes) is 21. The minimum absolute atomic E-state index is 0. The van der Waals surface area contributed by atoms with Crippen molar-refractivity contribution in [3.05, 3.63) is 0 Å². The minimum atomic E-state index is 0. The molecule has 0 spiro atoms. The second-order valence-electron chi connectivity index (χ2n) is 12.4. The molecule has 2 unspecified atom stereocenters. The second kappa shape index (κ2) is 31.3. The van der Waals surface area contributed by atoms with Crippen molar-refractivity contribution in [3.63, 3.8) is 0 Å². The van der Waals surface area contributed by atoms with Crippen molar-refractivity contribution in [3.8, 4) is 0 Å². The molecule has 0 N–H and O–H groups in total. The highest BCUT2D eigenvalue weighted by Gasteiger charge is 2.32. The van der Waals surface area contributed by atoms with E-state index in [1.807, 2.05) is 0 Å². The lowest BCUT2D eigenvalue weighted by atomic mass is 9.77. The molecule has 0 saturated carbocycles.